The number of hydrogen-bond acceptors (Lipinski definition) is 3. The molecule has 3 nitrogen and oxygen atoms in total. The van der Waals surface area contributed by atoms with E-state index in [4.69, 9.17) is 41.6 Å². The predicted molar refractivity (Wildman–Crippen MR) is 43.7 cm³/mol. The Balaban J connectivity index is 3.44. The molecule has 0 fully saturated rings. The van der Waals surface area contributed by atoms with Gasteiger partial charge in [0.15, 0.2) is 0 Å². The highest BCUT2D eigenvalue weighted by Crippen LogP contribution is 1.96. The van der Waals surface area contributed by atoms with Gasteiger partial charge in [-0.15, -0.1) is 0 Å². The molecule has 0 heterocycles. The fourth-order valence-corrected chi connectivity index (χ4v) is 0.378. The second-order valence-corrected chi connectivity index (χ2v) is 2.48. The Bertz CT molecular complexity index is 101. The van der Waals surface area contributed by atoms with Crippen molar-refractivity contribution >= 4 is 31.4 Å². The fourth-order valence-electron chi connectivity index (χ4n) is 0.378. The maximum absolute atomic E-state index is 8.68. The van der Waals surface area contributed by atoms with Gasteiger partial charge in [-0.2, -0.15) is 0 Å². The number of hydrogen-bond donors (Lipinski definition) is 2. The van der Waals surface area contributed by atoms with Gasteiger partial charge in [0, 0.05) is 10.8 Å². The van der Waals surface area contributed by atoms with Crippen molar-refractivity contribution in [1.29, 1.82) is 0 Å². The summed E-state index contributed by atoms with van der Waals surface area (Å²) < 4.78 is 4.56. The van der Waals surface area contributed by atoms with Crippen molar-refractivity contribution < 1.29 is 14.9 Å². The predicted octanol–water partition coefficient (Wildman–Crippen LogP) is -3.03. The van der Waals surface area contributed by atoms with Crippen molar-refractivity contribution in [1.82, 2.24) is 0 Å². The lowest BCUT2D eigenvalue weighted by molar-refractivity contribution is 0.0126. The fraction of sp³-hybridized carbons (Fsp3) is 1.00. The molecule has 0 aromatic heterocycles. The molecule has 0 bridgehead atoms. The van der Waals surface area contributed by atoms with Gasteiger partial charge in [0.05, 0.1) is 13.2 Å². The van der Waals surface area contributed by atoms with Gasteiger partial charge >= 0.3 is 0 Å². The molecule has 7 heteroatoms. The Morgan fingerprint density at radius 3 is 1.36 bits per heavy atom. The van der Waals surface area contributed by atoms with E-state index in [2.05, 4.69) is 4.74 Å². The number of aliphatic hydroxyl groups is 2. The molecule has 0 atom stereocenters. The van der Waals surface area contributed by atoms with E-state index < -0.39 is 10.8 Å². The first-order valence-corrected chi connectivity index (χ1v) is 2.89. The van der Waals surface area contributed by atoms with Crippen LogP contribution in [-0.2, 0) is 4.74 Å². The molecule has 0 aromatic rings. The molecular formula is C4H6B4O3. The topological polar surface area (TPSA) is 49.7 Å². The number of ether oxygens (including phenoxy) is 1. The molecule has 52 valence electrons. The molecule has 0 aliphatic rings. The molecule has 8 radical (unpaired) electrons. The van der Waals surface area contributed by atoms with Crippen LogP contribution in [0.5, 0.6) is 0 Å². The molecule has 0 aliphatic heterocycles. The van der Waals surface area contributed by atoms with E-state index in [-0.39, 0.29) is 13.2 Å². The van der Waals surface area contributed by atoms with Crippen LogP contribution in [0, 0.1) is 0 Å². The first kappa shape index (κ1) is 11.1. The van der Waals surface area contributed by atoms with Gasteiger partial charge in [-0.3, -0.25) is 0 Å². The van der Waals surface area contributed by atoms with Crippen molar-refractivity contribution in [3.05, 3.63) is 0 Å². The average molecular weight is 145 g/mol. The highest BCUT2D eigenvalue weighted by Gasteiger charge is 2.15. The molecule has 2 N–H and O–H groups in total. The van der Waals surface area contributed by atoms with Crippen LogP contribution in [0.15, 0.2) is 0 Å². The summed E-state index contributed by atoms with van der Waals surface area (Å²) >= 11 is 0. The van der Waals surface area contributed by atoms with E-state index in [9.17, 15) is 0 Å². The zero-order chi connectivity index (χ0) is 9.12. The van der Waals surface area contributed by atoms with Crippen LogP contribution in [0.2, 0.25) is 0 Å². The maximum atomic E-state index is 8.68. The van der Waals surface area contributed by atoms with Crippen LogP contribution in [0.3, 0.4) is 0 Å². The average Bonchev–Trinajstić information content (AvgIpc) is 1.55. The van der Waals surface area contributed by atoms with Gasteiger partial charge < -0.3 is 14.9 Å². The van der Waals surface area contributed by atoms with Gasteiger partial charge in [0.25, 0.3) is 0 Å². The Morgan fingerprint density at radius 1 is 0.909 bits per heavy atom. The Morgan fingerprint density at radius 2 is 1.18 bits per heavy atom. The second kappa shape index (κ2) is 3.70. The Labute approximate surface area is 71.1 Å². The summed E-state index contributed by atoms with van der Waals surface area (Å²) in [4.78, 5) is 0. The summed E-state index contributed by atoms with van der Waals surface area (Å²) in [6, 6.07) is 0. The largest absolute Gasteiger partial charge is 0.407 e. The van der Waals surface area contributed by atoms with E-state index in [0.717, 1.165) is 0 Å². The van der Waals surface area contributed by atoms with Crippen molar-refractivity contribution in [2.75, 3.05) is 13.2 Å². The minimum atomic E-state index is -1.93. The molecule has 0 unspecified atom stereocenters. The summed E-state index contributed by atoms with van der Waals surface area (Å²) in [7, 11) is 19.6. The summed E-state index contributed by atoms with van der Waals surface area (Å²) in [6.45, 7) is -0.715. The van der Waals surface area contributed by atoms with Crippen LogP contribution in [0.25, 0.3) is 0 Å². The summed E-state index contributed by atoms with van der Waals surface area (Å²) in [5.74, 6) is 0. The Hall–Kier alpha value is 0.140. The summed E-state index contributed by atoms with van der Waals surface area (Å²) in [5, 5.41) is 13.5. The number of rotatable bonds is 4. The molecular weight excluding hydrogens is 139 g/mol. The molecule has 0 amide bonds. The highest BCUT2D eigenvalue weighted by molar-refractivity contribution is 6.39. The molecule has 0 saturated carbocycles. The molecule has 0 spiro atoms. The van der Waals surface area contributed by atoms with E-state index >= 15 is 0 Å². The summed E-state index contributed by atoms with van der Waals surface area (Å²) in [6.07, 6.45) is 0. The van der Waals surface area contributed by atoms with E-state index in [1.54, 1.807) is 0 Å². The highest BCUT2D eigenvalue weighted by atomic mass is 16.5. The Kier molecular flexibility index (Phi) is 3.74. The molecule has 0 aliphatic carbocycles. The van der Waals surface area contributed by atoms with E-state index in [0.29, 0.717) is 0 Å². The van der Waals surface area contributed by atoms with Crippen LogP contribution in [0.4, 0.5) is 0 Å². The smallest absolute Gasteiger partial charge is 0.102 e. The molecule has 0 aromatic carbocycles. The SMILES string of the molecule is [B]C([B])(O)COCC([B])([B])O. The van der Waals surface area contributed by atoms with Crippen LogP contribution >= 0.6 is 0 Å². The second-order valence-electron chi connectivity index (χ2n) is 2.48. The minimum Gasteiger partial charge on any atom is -0.407 e. The van der Waals surface area contributed by atoms with E-state index in [1.165, 1.54) is 0 Å². The molecule has 11 heavy (non-hydrogen) atoms. The monoisotopic (exact) mass is 146 g/mol. The lowest BCUT2D eigenvalue weighted by Gasteiger charge is -2.23. The third-order valence-electron chi connectivity index (χ3n) is 0.667. The van der Waals surface area contributed by atoms with Gasteiger partial charge in [-0.05, 0) is 0 Å². The van der Waals surface area contributed by atoms with Gasteiger partial charge in [-0.1, -0.05) is 0 Å². The normalized spacial score (nSPS) is 13.3. The van der Waals surface area contributed by atoms with Crippen LogP contribution in [0.1, 0.15) is 0 Å². The van der Waals surface area contributed by atoms with Crippen molar-refractivity contribution in [2.24, 2.45) is 0 Å². The lowest BCUT2D eigenvalue weighted by atomic mass is 9.65. The zero-order valence-corrected chi connectivity index (χ0v) is 6.03. The van der Waals surface area contributed by atoms with Gasteiger partial charge in [0.2, 0.25) is 0 Å². The first-order valence-electron chi connectivity index (χ1n) is 2.89. The van der Waals surface area contributed by atoms with Gasteiger partial charge in [0.1, 0.15) is 31.4 Å². The maximum Gasteiger partial charge on any atom is 0.102 e. The zero-order valence-electron chi connectivity index (χ0n) is 6.03. The molecule has 0 rings (SSSR count). The van der Waals surface area contributed by atoms with Crippen molar-refractivity contribution in [2.45, 2.75) is 10.8 Å². The standard InChI is InChI=1S/C4H6B4O3/c5-3(6,9)1-11-2-4(7,8)10/h9-10H,1-2H2. The third kappa shape index (κ3) is 10.1. The van der Waals surface area contributed by atoms with E-state index in [1.807, 2.05) is 0 Å². The molecule has 0 saturated heterocycles. The van der Waals surface area contributed by atoms with Crippen LogP contribution in [-0.4, -0.2) is 65.6 Å². The third-order valence-corrected chi connectivity index (χ3v) is 0.667. The first-order chi connectivity index (χ1) is 4.71. The van der Waals surface area contributed by atoms with Crippen LogP contribution < -0.4 is 0 Å². The lowest BCUT2D eigenvalue weighted by Crippen LogP contribution is -2.40. The van der Waals surface area contributed by atoms with Crippen molar-refractivity contribution in [3.8, 4) is 0 Å². The quantitative estimate of drug-likeness (QED) is 0.414. The van der Waals surface area contributed by atoms with Gasteiger partial charge in [-0.25, -0.2) is 0 Å². The minimum absolute atomic E-state index is 0.357. The summed E-state index contributed by atoms with van der Waals surface area (Å²) in [5.41, 5.74) is 0. The van der Waals surface area contributed by atoms with Crippen molar-refractivity contribution in [3.63, 3.8) is 0 Å².